The van der Waals surface area contributed by atoms with Gasteiger partial charge in [0.1, 0.15) is 6.04 Å². The number of benzene rings is 1. The van der Waals surface area contributed by atoms with Crippen LogP contribution in [0.5, 0.6) is 0 Å². The summed E-state index contributed by atoms with van der Waals surface area (Å²) in [6.07, 6.45) is 0.613. The largest absolute Gasteiger partial charge is 0.480 e. The number of carboxylic acid groups (broad SMARTS) is 1. The molecule has 9 heteroatoms. The van der Waals surface area contributed by atoms with Crippen molar-refractivity contribution in [3.05, 3.63) is 33.4 Å². The molecule has 1 saturated heterocycles. The summed E-state index contributed by atoms with van der Waals surface area (Å²) in [4.78, 5) is 21.1. The van der Waals surface area contributed by atoms with Crippen LogP contribution in [0.4, 0.5) is 5.69 Å². The predicted molar refractivity (Wildman–Crippen MR) is 77.1 cm³/mol. The summed E-state index contributed by atoms with van der Waals surface area (Å²) in [5.74, 6) is -1.24. The topological polar surface area (TPSA) is 118 Å². The minimum absolute atomic E-state index is 0.0450. The van der Waals surface area contributed by atoms with E-state index in [1.807, 2.05) is 0 Å². The quantitative estimate of drug-likeness (QED) is 0.660. The normalized spacial score (nSPS) is 19.3. The summed E-state index contributed by atoms with van der Waals surface area (Å²) in [7, 11) is -4.24. The summed E-state index contributed by atoms with van der Waals surface area (Å²) in [5, 5.41) is 20.3. The van der Waals surface area contributed by atoms with Gasteiger partial charge >= 0.3 is 5.97 Å². The lowest BCUT2D eigenvalue weighted by Crippen LogP contribution is -2.40. The standard InChI is InChI=1S/C13H16N2O6S/c1-8-6-11(15(18)19)12(7-9(8)2)22(20,21)14-5-3-4-10(14)13(16)17/h6-7,10H,3-5H2,1-2H3,(H,16,17)/t10-/m0/s1. The minimum Gasteiger partial charge on any atom is -0.480 e. The summed E-state index contributed by atoms with van der Waals surface area (Å²) in [6.45, 7) is 3.34. The molecular weight excluding hydrogens is 312 g/mol. The van der Waals surface area contributed by atoms with Gasteiger partial charge in [0.25, 0.3) is 15.7 Å². The SMILES string of the molecule is Cc1cc([N+](=O)[O-])c(S(=O)(=O)N2CCC[C@H]2C(=O)O)cc1C. The maximum atomic E-state index is 12.7. The fourth-order valence-corrected chi connectivity index (χ4v) is 4.40. The molecule has 0 radical (unpaired) electrons. The number of carboxylic acids is 1. The first-order valence-electron chi connectivity index (χ1n) is 6.66. The molecule has 0 bridgehead atoms. The third kappa shape index (κ3) is 2.69. The second-order valence-corrected chi connectivity index (χ2v) is 7.13. The highest BCUT2D eigenvalue weighted by molar-refractivity contribution is 7.89. The molecule has 1 aromatic carbocycles. The van der Waals surface area contributed by atoms with Gasteiger partial charge in [-0.3, -0.25) is 14.9 Å². The molecule has 2 rings (SSSR count). The molecule has 0 unspecified atom stereocenters. The average molecular weight is 328 g/mol. The molecule has 1 aliphatic rings. The summed E-state index contributed by atoms with van der Waals surface area (Å²) in [5.41, 5.74) is 0.663. The van der Waals surface area contributed by atoms with Crippen LogP contribution >= 0.6 is 0 Å². The Morgan fingerprint density at radius 1 is 1.36 bits per heavy atom. The van der Waals surface area contributed by atoms with Crippen LogP contribution in [0.3, 0.4) is 0 Å². The smallest absolute Gasteiger partial charge is 0.322 e. The molecular formula is C13H16N2O6S. The van der Waals surface area contributed by atoms with E-state index >= 15 is 0 Å². The molecule has 0 aromatic heterocycles. The molecule has 1 aromatic rings. The van der Waals surface area contributed by atoms with Crippen molar-refractivity contribution in [3.8, 4) is 0 Å². The molecule has 0 spiro atoms. The maximum absolute atomic E-state index is 12.7. The Hall–Kier alpha value is -2.00. The van der Waals surface area contributed by atoms with Crippen LogP contribution in [0.1, 0.15) is 24.0 Å². The van der Waals surface area contributed by atoms with Gasteiger partial charge in [-0.05, 0) is 43.9 Å². The Bertz CT molecular complexity index is 743. The highest BCUT2D eigenvalue weighted by Crippen LogP contribution is 2.33. The number of hydrogen-bond donors (Lipinski definition) is 1. The highest BCUT2D eigenvalue weighted by atomic mass is 32.2. The number of sulfonamides is 1. The van der Waals surface area contributed by atoms with E-state index in [2.05, 4.69) is 0 Å². The first-order chi connectivity index (χ1) is 10.2. The lowest BCUT2D eigenvalue weighted by Gasteiger charge is -2.21. The Morgan fingerprint density at radius 3 is 2.50 bits per heavy atom. The minimum atomic E-state index is -4.24. The van der Waals surface area contributed by atoms with Crippen molar-refractivity contribution in [2.24, 2.45) is 0 Å². The van der Waals surface area contributed by atoms with Gasteiger partial charge in [0.05, 0.1) is 4.92 Å². The van der Waals surface area contributed by atoms with E-state index in [1.54, 1.807) is 13.8 Å². The Kier molecular flexibility index (Phi) is 4.21. The van der Waals surface area contributed by atoms with Crippen LogP contribution in [0.15, 0.2) is 17.0 Å². The summed E-state index contributed by atoms with van der Waals surface area (Å²) < 4.78 is 26.2. The van der Waals surface area contributed by atoms with Crippen molar-refractivity contribution < 1.29 is 23.2 Å². The Morgan fingerprint density at radius 2 is 1.95 bits per heavy atom. The Labute approximate surface area is 127 Å². The molecule has 1 heterocycles. The number of aliphatic carboxylic acids is 1. The molecule has 0 aliphatic carbocycles. The fourth-order valence-electron chi connectivity index (χ4n) is 2.52. The van der Waals surface area contributed by atoms with Gasteiger partial charge in [0.15, 0.2) is 4.90 Å². The van der Waals surface area contributed by atoms with E-state index in [1.165, 1.54) is 12.1 Å². The molecule has 1 atom stereocenters. The van der Waals surface area contributed by atoms with Gasteiger partial charge in [-0.25, -0.2) is 8.42 Å². The number of hydrogen-bond acceptors (Lipinski definition) is 5. The van der Waals surface area contributed by atoms with Gasteiger partial charge in [-0.15, -0.1) is 0 Å². The van der Waals surface area contributed by atoms with Crippen LogP contribution in [0.2, 0.25) is 0 Å². The number of carbonyl (C=O) groups is 1. The Balaban J connectivity index is 2.61. The van der Waals surface area contributed by atoms with Gasteiger partial charge in [0.2, 0.25) is 0 Å². The van der Waals surface area contributed by atoms with Crippen LogP contribution in [-0.4, -0.2) is 41.3 Å². The van der Waals surface area contributed by atoms with Crippen molar-refractivity contribution in [1.82, 2.24) is 4.31 Å². The zero-order valence-corrected chi connectivity index (χ0v) is 13.0. The lowest BCUT2D eigenvalue weighted by molar-refractivity contribution is -0.387. The molecule has 0 saturated carbocycles. The summed E-state index contributed by atoms with van der Waals surface area (Å²) in [6, 6.07) is 1.26. The van der Waals surface area contributed by atoms with Crippen molar-refractivity contribution in [1.29, 1.82) is 0 Å². The number of nitro benzene ring substituents is 1. The molecule has 0 amide bonds. The average Bonchev–Trinajstić information content (AvgIpc) is 2.91. The van der Waals surface area contributed by atoms with Crippen molar-refractivity contribution in [2.75, 3.05) is 6.54 Å². The van der Waals surface area contributed by atoms with Gasteiger partial charge in [-0.2, -0.15) is 4.31 Å². The summed E-state index contributed by atoms with van der Waals surface area (Å²) >= 11 is 0. The number of nitro groups is 1. The monoisotopic (exact) mass is 328 g/mol. The molecule has 1 N–H and O–H groups in total. The van der Waals surface area contributed by atoms with E-state index < -0.39 is 37.5 Å². The van der Waals surface area contributed by atoms with Crippen molar-refractivity contribution >= 4 is 21.7 Å². The lowest BCUT2D eigenvalue weighted by atomic mass is 10.1. The third-order valence-corrected chi connectivity index (χ3v) is 5.78. The van der Waals surface area contributed by atoms with Gasteiger partial charge < -0.3 is 5.11 Å². The molecule has 22 heavy (non-hydrogen) atoms. The number of nitrogens with zero attached hydrogens (tertiary/aromatic N) is 2. The van der Waals surface area contributed by atoms with E-state index in [0.29, 0.717) is 17.5 Å². The van der Waals surface area contributed by atoms with Crippen LogP contribution in [0, 0.1) is 24.0 Å². The third-order valence-electron chi connectivity index (χ3n) is 3.85. The highest BCUT2D eigenvalue weighted by Gasteiger charge is 2.42. The zero-order chi connectivity index (χ0) is 16.7. The zero-order valence-electron chi connectivity index (χ0n) is 12.1. The van der Waals surface area contributed by atoms with Crippen LogP contribution < -0.4 is 0 Å². The van der Waals surface area contributed by atoms with E-state index in [0.717, 1.165) is 4.31 Å². The van der Waals surface area contributed by atoms with Crippen LogP contribution in [0.25, 0.3) is 0 Å². The predicted octanol–water partition coefficient (Wildman–Crippen LogP) is 1.45. The second kappa shape index (κ2) is 5.65. The van der Waals surface area contributed by atoms with Crippen LogP contribution in [-0.2, 0) is 14.8 Å². The molecule has 1 aliphatic heterocycles. The van der Waals surface area contributed by atoms with E-state index in [4.69, 9.17) is 5.11 Å². The first kappa shape index (κ1) is 16.4. The van der Waals surface area contributed by atoms with Gasteiger partial charge in [0, 0.05) is 12.6 Å². The fraction of sp³-hybridized carbons (Fsp3) is 0.462. The molecule has 8 nitrogen and oxygen atoms in total. The van der Waals surface area contributed by atoms with Crippen molar-refractivity contribution in [3.63, 3.8) is 0 Å². The van der Waals surface area contributed by atoms with E-state index in [-0.39, 0.29) is 13.0 Å². The second-order valence-electron chi connectivity index (χ2n) is 5.27. The number of rotatable bonds is 4. The first-order valence-corrected chi connectivity index (χ1v) is 8.10. The van der Waals surface area contributed by atoms with Gasteiger partial charge in [-0.1, -0.05) is 0 Å². The number of aryl methyl sites for hydroxylation is 2. The van der Waals surface area contributed by atoms with E-state index in [9.17, 15) is 23.3 Å². The molecule has 120 valence electrons. The maximum Gasteiger partial charge on any atom is 0.322 e. The van der Waals surface area contributed by atoms with Crippen molar-refractivity contribution in [2.45, 2.75) is 37.6 Å². The molecule has 1 fully saturated rings.